The Bertz CT molecular complexity index is 842. The van der Waals surface area contributed by atoms with Crippen LogP contribution in [0.4, 0.5) is 22.2 Å². The van der Waals surface area contributed by atoms with Crippen molar-refractivity contribution in [1.82, 2.24) is 25.3 Å². The van der Waals surface area contributed by atoms with Crippen LogP contribution in [0.5, 0.6) is 0 Å². The van der Waals surface area contributed by atoms with Crippen LogP contribution < -0.4 is 16.0 Å². The third kappa shape index (κ3) is 3.90. The summed E-state index contributed by atoms with van der Waals surface area (Å²) >= 11 is 0. The number of aliphatic hydroxyl groups excluding tert-OH is 1. The summed E-state index contributed by atoms with van der Waals surface area (Å²) in [6.07, 6.45) is 4.97. The average molecular weight is 325 g/mol. The number of carbonyl (C=O) groups excluding carboxylic acids is 1. The minimum Gasteiger partial charge on any atom is -0.395 e. The fourth-order valence-electron chi connectivity index (χ4n) is 1.93. The first-order chi connectivity index (χ1) is 11.7. The molecule has 0 bridgehead atoms. The van der Waals surface area contributed by atoms with Crippen LogP contribution in [0.15, 0.2) is 42.9 Å². The van der Waals surface area contributed by atoms with E-state index in [1.54, 1.807) is 42.9 Å². The number of aromatic nitrogens is 4. The van der Waals surface area contributed by atoms with Crippen molar-refractivity contribution in [2.24, 2.45) is 0 Å². The van der Waals surface area contributed by atoms with Gasteiger partial charge in [0.15, 0.2) is 5.65 Å². The normalized spacial score (nSPS) is 10.4. The second kappa shape index (κ2) is 7.29. The van der Waals surface area contributed by atoms with Gasteiger partial charge in [-0.1, -0.05) is 0 Å². The van der Waals surface area contributed by atoms with Gasteiger partial charge in [0, 0.05) is 36.2 Å². The maximum absolute atomic E-state index is 11.6. The third-order valence-corrected chi connectivity index (χ3v) is 3.02. The molecule has 0 fully saturated rings. The van der Waals surface area contributed by atoms with E-state index in [4.69, 9.17) is 5.11 Å². The number of carbonyl (C=O) groups is 1. The number of hydrogen-bond donors (Lipinski definition) is 4. The molecule has 0 aliphatic carbocycles. The number of aliphatic hydroxyl groups is 1. The molecule has 0 aliphatic rings. The Morgan fingerprint density at radius 2 is 1.96 bits per heavy atom. The van der Waals surface area contributed by atoms with E-state index in [9.17, 15) is 4.79 Å². The van der Waals surface area contributed by atoms with Crippen LogP contribution in [0.1, 0.15) is 0 Å². The Morgan fingerprint density at radius 3 is 2.75 bits per heavy atom. The lowest BCUT2D eigenvalue weighted by molar-refractivity contribution is 0.244. The first kappa shape index (κ1) is 15.6. The number of anilines is 3. The molecule has 0 aromatic carbocycles. The number of pyridine rings is 2. The summed E-state index contributed by atoms with van der Waals surface area (Å²) in [5, 5.41) is 17.5. The molecule has 0 atom stereocenters. The second-order valence-corrected chi connectivity index (χ2v) is 4.77. The molecule has 3 rings (SSSR count). The number of nitrogens with one attached hydrogen (secondary N) is 3. The fraction of sp³-hybridized carbons (Fsp3) is 0.133. The van der Waals surface area contributed by atoms with E-state index in [-0.39, 0.29) is 13.2 Å². The summed E-state index contributed by atoms with van der Waals surface area (Å²) in [5.41, 5.74) is 1.25. The van der Waals surface area contributed by atoms with Crippen LogP contribution in [-0.4, -0.2) is 44.2 Å². The molecule has 9 heteroatoms. The Kier molecular flexibility index (Phi) is 4.73. The molecule has 4 N–H and O–H groups in total. The third-order valence-electron chi connectivity index (χ3n) is 3.02. The molecule has 122 valence electrons. The van der Waals surface area contributed by atoms with Crippen molar-refractivity contribution in [3.05, 3.63) is 42.9 Å². The molecule has 2 amide bonds. The number of fused-ring (bicyclic) bond motifs is 1. The summed E-state index contributed by atoms with van der Waals surface area (Å²) in [6.45, 7) is 0.0391. The van der Waals surface area contributed by atoms with Crippen LogP contribution in [0.25, 0.3) is 11.0 Å². The highest BCUT2D eigenvalue weighted by atomic mass is 16.3. The lowest BCUT2D eigenvalue weighted by Gasteiger charge is -2.07. The molecule has 0 aliphatic heterocycles. The number of hydrogen-bond acceptors (Lipinski definition) is 7. The molecule has 9 nitrogen and oxygen atoms in total. The predicted octanol–water partition coefficient (Wildman–Crippen LogP) is 1.28. The van der Waals surface area contributed by atoms with Crippen LogP contribution in [-0.2, 0) is 0 Å². The molecule has 0 saturated heterocycles. The van der Waals surface area contributed by atoms with Gasteiger partial charge >= 0.3 is 6.03 Å². The number of amides is 2. The second-order valence-electron chi connectivity index (χ2n) is 4.77. The van der Waals surface area contributed by atoms with Gasteiger partial charge in [-0.25, -0.2) is 14.8 Å². The van der Waals surface area contributed by atoms with Crippen molar-refractivity contribution in [3.63, 3.8) is 0 Å². The van der Waals surface area contributed by atoms with Gasteiger partial charge in [-0.3, -0.25) is 10.3 Å². The zero-order valence-electron chi connectivity index (χ0n) is 12.6. The van der Waals surface area contributed by atoms with E-state index < -0.39 is 6.03 Å². The van der Waals surface area contributed by atoms with Crippen molar-refractivity contribution in [3.8, 4) is 0 Å². The Morgan fingerprint density at radius 1 is 1.12 bits per heavy atom. The summed E-state index contributed by atoms with van der Waals surface area (Å²) in [5.74, 6) is 0.745. The first-order valence-electron chi connectivity index (χ1n) is 7.21. The zero-order valence-corrected chi connectivity index (χ0v) is 12.6. The Labute approximate surface area is 137 Å². The summed E-state index contributed by atoms with van der Waals surface area (Å²) in [6, 6.07) is 6.56. The maximum atomic E-state index is 11.6. The Hall–Kier alpha value is -3.33. The highest BCUT2D eigenvalue weighted by molar-refractivity contribution is 5.89. The largest absolute Gasteiger partial charge is 0.395 e. The van der Waals surface area contributed by atoms with Gasteiger partial charge in [0.05, 0.1) is 6.61 Å². The molecular formula is C15H15N7O2. The minimum absolute atomic E-state index is 0.129. The van der Waals surface area contributed by atoms with Gasteiger partial charge < -0.3 is 15.7 Å². The molecule has 3 heterocycles. The van der Waals surface area contributed by atoms with Gasteiger partial charge in [-0.2, -0.15) is 4.98 Å². The van der Waals surface area contributed by atoms with Crippen LogP contribution in [0, 0.1) is 0 Å². The van der Waals surface area contributed by atoms with Crippen molar-refractivity contribution < 1.29 is 9.90 Å². The highest BCUT2D eigenvalue weighted by Gasteiger charge is 2.06. The lowest BCUT2D eigenvalue weighted by Crippen LogP contribution is -2.31. The first-order valence-corrected chi connectivity index (χ1v) is 7.21. The molecule has 0 spiro atoms. The number of rotatable bonds is 5. The Balaban J connectivity index is 1.79. The maximum Gasteiger partial charge on any atom is 0.320 e. The molecular weight excluding hydrogens is 310 g/mol. The van der Waals surface area contributed by atoms with E-state index >= 15 is 0 Å². The molecule has 3 aromatic heterocycles. The van der Waals surface area contributed by atoms with Gasteiger partial charge in [-0.05, 0) is 24.3 Å². The van der Waals surface area contributed by atoms with Crippen molar-refractivity contribution >= 4 is 34.5 Å². The van der Waals surface area contributed by atoms with Gasteiger partial charge in [0.2, 0.25) is 5.95 Å². The monoisotopic (exact) mass is 325 g/mol. The van der Waals surface area contributed by atoms with E-state index in [0.717, 1.165) is 11.1 Å². The van der Waals surface area contributed by atoms with Crippen molar-refractivity contribution in [2.45, 2.75) is 0 Å². The topological polar surface area (TPSA) is 125 Å². The van der Waals surface area contributed by atoms with E-state index in [1.807, 2.05) is 0 Å². The van der Waals surface area contributed by atoms with Gasteiger partial charge in [-0.15, -0.1) is 0 Å². The fourth-order valence-corrected chi connectivity index (χ4v) is 1.93. The number of nitrogens with zero attached hydrogens (tertiary/aromatic N) is 4. The summed E-state index contributed by atoms with van der Waals surface area (Å²) < 4.78 is 0. The van der Waals surface area contributed by atoms with Crippen LogP contribution >= 0.6 is 0 Å². The van der Waals surface area contributed by atoms with Crippen molar-refractivity contribution in [2.75, 3.05) is 23.8 Å². The smallest absolute Gasteiger partial charge is 0.320 e. The minimum atomic E-state index is -0.444. The summed E-state index contributed by atoms with van der Waals surface area (Å²) in [4.78, 5) is 28.4. The van der Waals surface area contributed by atoms with E-state index in [2.05, 4.69) is 35.9 Å². The van der Waals surface area contributed by atoms with E-state index in [1.165, 1.54) is 0 Å². The van der Waals surface area contributed by atoms with Crippen LogP contribution in [0.2, 0.25) is 0 Å². The van der Waals surface area contributed by atoms with Crippen molar-refractivity contribution in [1.29, 1.82) is 0 Å². The summed E-state index contributed by atoms with van der Waals surface area (Å²) in [7, 11) is 0. The highest BCUT2D eigenvalue weighted by Crippen LogP contribution is 2.16. The quantitative estimate of drug-likeness (QED) is 0.557. The predicted molar refractivity (Wildman–Crippen MR) is 89.0 cm³/mol. The standard InChI is InChI=1S/C15H15N7O2/c23-8-7-17-15(24)21-12-2-1-10-9-18-14(22-13(10)20-12)19-11-3-5-16-6-4-11/h1-6,9,23H,7-8H2,(H3,16,17,18,19,20,21,22,24). The molecule has 0 unspecified atom stereocenters. The molecule has 24 heavy (non-hydrogen) atoms. The lowest BCUT2D eigenvalue weighted by atomic mass is 10.3. The molecule has 3 aromatic rings. The van der Waals surface area contributed by atoms with Crippen LogP contribution in [0.3, 0.4) is 0 Å². The number of urea groups is 1. The van der Waals surface area contributed by atoms with E-state index in [0.29, 0.717) is 17.4 Å². The zero-order chi connectivity index (χ0) is 16.8. The molecule has 0 radical (unpaired) electrons. The van der Waals surface area contributed by atoms with Gasteiger partial charge in [0.1, 0.15) is 5.82 Å². The SMILES string of the molecule is O=C(NCCO)Nc1ccc2cnc(Nc3ccncc3)nc2n1. The van der Waals surface area contributed by atoms with Gasteiger partial charge in [0.25, 0.3) is 0 Å². The molecule has 0 saturated carbocycles. The average Bonchev–Trinajstić information content (AvgIpc) is 2.60.